The fraction of sp³-hybridized carbons (Fsp3) is 0.485. The van der Waals surface area contributed by atoms with E-state index in [0.29, 0.717) is 29.2 Å². The van der Waals surface area contributed by atoms with Gasteiger partial charge in [-0.1, -0.05) is 29.8 Å². The molecule has 10 heteroatoms. The molecule has 4 atom stereocenters. The lowest BCUT2D eigenvalue weighted by Crippen LogP contribution is -2.43. The number of carbonyl (C=O) groups is 1. The number of halogens is 1. The van der Waals surface area contributed by atoms with Crippen LogP contribution in [-0.2, 0) is 37.2 Å². The van der Waals surface area contributed by atoms with Crippen molar-refractivity contribution < 1.29 is 23.2 Å². The third kappa shape index (κ3) is 8.08. The SMILES string of the molecule is C=CCOC(C)(C)C(=O)N=S(N)(=O)c1ccc2c(c1)N(C[C@@H]1CC[C@H]1[C@H](C=C)OC)CCCCc1cc(Cl)ccc1CO2. The Labute approximate surface area is 261 Å². The van der Waals surface area contributed by atoms with E-state index in [-0.39, 0.29) is 17.6 Å². The van der Waals surface area contributed by atoms with Crippen LogP contribution in [0.5, 0.6) is 5.75 Å². The number of aryl methyl sites for hydroxylation is 1. The van der Waals surface area contributed by atoms with Crippen molar-refractivity contribution in [2.45, 2.75) is 69.2 Å². The summed E-state index contributed by atoms with van der Waals surface area (Å²) in [6.07, 6.45) is 8.34. The molecule has 2 aromatic carbocycles. The summed E-state index contributed by atoms with van der Waals surface area (Å²) in [4.78, 5) is 15.5. The highest BCUT2D eigenvalue weighted by Gasteiger charge is 2.37. The molecule has 2 aromatic rings. The predicted molar refractivity (Wildman–Crippen MR) is 173 cm³/mol. The maximum absolute atomic E-state index is 13.8. The molecule has 2 N–H and O–H groups in total. The third-order valence-electron chi connectivity index (χ3n) is 8.44. The van der Waals surface area contributed by atoms with E-state index in [9.17, 15) is 9.00 Å². The molecule has 0 aromatic heterocycles. The molecule has 2 aliphatic rings. The highest BCUT2D eigenvalue weighted by molar-refractivity contribution is 7.91. The van der Waals surface area contributed by atoms with Crippen LogP contribution in [0.3, 0.4) is 0 Å². The number of amides is 1. The van der Waals surface area contributed by atoms with Gasteiger partial charge in [0.25, 0.3) is 5.91 Å². The standard InChI is InChI=1S/C33H44ClN3O5S/c1-6-18-42-33(3,4)32(38)36-43(35,39)27-14-16-31-29(20-27)37(21-24-12-15-28(24)30(7-2)40-5)17-9-8-10-23-19-26(34)13-11-25(23)22-41-31/h6-7,11,13-14,16,19-20,24,28,30H,1-2,8-10,12,15,17-18,21-22H2,3-5H3,(H2,35,36,38,39)/t24-,28+,30-,43?/m0/s1. The normalized spacial score (nSPS) is 21.0. The molecule has 1 aliphatic carbocycles. The smallest absolute Gasteiger partial charge is 0.286 e. The predicted octanol–water partition coefficient (Wildman–Crippen LogP) is 6.50. The molecule has 234 valence electrons. The summed E-state index contributed by atoms with van der Waals surface area (Å²) in [6.45, 7) is 12.8. The number of carbonyl (C=O) groups excluding carboxylic acids is 1. The monoisotopic (exact) mass is 629 g/mol. The van der Waals surface area contributed by atoms with E-state index in [4.69, 9.17) is 31.0 Å². The molecule has 0 saturated heterocycles. The molecule has 1 amide bonds. The number of fused-ring (bicyclic) bond motifs is 2. The molecule has 0 bridgehead atoms. The van der Waals surface area contributed by atoms with Gasteiger partial charge in [-0.05, 0) is 99.2 Å². The number of benzene rings is 2. The first-order chi connectivity index (χ1) is 20.5. The summed E-state index contributed by atoms with van der Waals surface area (Å²) in [7, 11) is -1.86. The van der Waals surface area contributed by atoms with E-state index in [1.807, 2.05) is 24.3 Å². The van der Waals surface area contributed by atoms with Gasteiger partial charge in [0.05, 0.1) is 23.3 Å². The average Bonchev–Trinajstić information content (AvgIpc) is 2.99. The Hall–Kier alpha value is -2.69. The second-order valence-electron chi connectivity index (χ2n) is 11.7. The lowest BCUT2D eigenvalue weighted by Gasteiger charge is -2.43. The molecule has 1 unspecified atom stereocenters. The Kier molecular flexibility index (Phi) is 11.1. The fourth-order valence-electron chi connectivity index (χ4n) is 5.70. The second kappa shape index (κ2) is 14.4. The summed E-state index contributed by atoms with van der Waals surface area (Å²) in [5, 5.41) is 6.98. The van der Waals surface area contributed by atoms with Crippen molar-refractivity contribution in [1.82, 2.24) is 0 Å². The number of nitrogens with two attached hydrogens (primary N) is 1. The average molecular weight is 630 g/mol. The number of hydrogen-bond donors (Lipinski definition) is 1. The van der Waals surface area contributed by atoms with Crippen LogP contribution in [0, 0.1) is 11.8 Å². The number of rotatable bonds is 10. The minimum Gasteiger partial charge on any atom is -0.487 e. The second-order valence-corrected chi connectivity index (χ2v) is 14.0. The molecular weight excluding hydrogens is 586 g/mol. The van der Waals surface area contributed by atoms with Gasteiger partial charge in [-0.25, -0.2) is 9.35 Å². The Balaban J connectivity index is 1.73. The van der Waals surface area contributed by atoms with E-state index >= 15 is 0 Å². The van der Waals surface area contributed by atoms with Gasteiger partial charge in [0.15, 0.2) is 0 Å². The van der Waals surface area contributed by atoms with E-state index in [1.165, 1.54) is 11.6 Å². The summed E-state index contributed by atoms with van der Waals surface area (Å²) < 4.78 is 35.4. The zero-order valence-electron chi connectivity index (χ0n) is 25.4. The maximum atomic E-state index is 13.8. The van der Waals surface area contributed by atoms with E-state index in [1.54, 1.807) is 39.2 Å². The van der Waals surface area contributed by atoms with Gasteiger partial charge < -0.3 is 19.1 Å². The van der Waals surface area contributed by atoms with Crippen LogP contribution < -0.4 is 14.8 Å². The van der Waals surface area contributed by atoms with Crippen molar-refractivity contribution in [3.63, 3.8) is 0 Å². The van der Waals surface area contributed by atoms with Crippen LogP contribution in [0.1, 0.15) is 50.7 Å². The number of ether oxygens (including phenoxy) is 3. The largest absolute Gasteiger partial charge is 0.487 e. The molecular formula is C33H44ClN3O5S. The highest BCUT2D eigenvalue weighted by atomic mass is 35.5. The highest BCUT2D eigenvalue weighted by Crippen LogP contribution is 2.41. The molecule has 0 radical (unpaired) electrons. The lowest BCUT2D eigenvalue weighted by atomic mass is 9.70. The van der Waals surface area contributed by atoms with Crippen LogP contribution in [0.2, 0.25) is 5.02 Å². The molecule has 0 spiro atoms. The number of methoxy groups -OCH3 is 1. The Morgan fingerprint density at radius 3 is 2.70 bits per heavy atom. The van der Waals surface area contributed by atoms with E-state index < -0.39 is 21.4 Å². The number of nitrogens with zero attached hydrogens (tertiary/aromatic N) is 2. The number of hydrogen-bond acceptors (Lipinski definition) is 6. The van der Waals surface area contributed by atoms with Crippen molar-refractivity contribution in [2.24, 2.45) is 21.3 Å². The van der Waals surface area contributed by atoms with Gasteiger partial charge in [0.1, 0.15) is 27.9 Å². The first-order valence-electron chi connectivity index (χ1n) is 14.8. The lowest BCUT2D eigenvalue weighted by molar-refractivity contribution is -0.137. The molecule has 1 heterocycles. The molecule has 43 heavy (non-hydrogen) atoms. The van der Waals surface area contributed by atoms with Crippen LogP contribution in [0.4, 0.5) is 5.69 Å². The molecule has 1 fully saturated rings. The van der Waals surface area contributed by atoms with Crippen molar-refractivity contribution >= 4 is 33.1 Å². The van der Waals surface area contributed by atoms with Gasteiger partial charge >= 0.3 is 0 Å². The first-order valence-corrected chi connectivity index (χ1v) is 16.7. The van der Waals surface area contributed by atoms with Gasteiger partial charge in [-0.15, -0.1) is 17.5 Å². The molecule has 1 aliphatic heterocycles. The van der Waals surface area contributed by atoms with Crippen LogP contribution in [0.25, 0.3) is 0 Å². The molecule has 4 rings (SSSR count). The molecule has 1 saturated carbocycles. The van der Waals surface area contributed by atoms with Crippen LogP contribution >= 0.6 is 11.6 Å². The zero-order valence-corrected chi connectivity index (χ0v) is 27.0. The van der Waals surface area contributed by atoms with Crippen LogP contribution in [0.15, 0.2) is 71.0 Å². The summed E-state index contributed by atoms with van der Waals surface area (Å²) in [5.41, 5.74) is 1.72. The Morgan fingerprint density at radius 2 is 2.02 bits per heavy atom. The van der Waals surface area contributed by atoms with Gasteiger partial charge in [0, 0.05) is 25.2 Å². The van der Waals surface area contributed by atoms with E-state index in [0.717, 1.165) is 56.4 Å². The van der Waals surface area contributed by atoms with Crippen molar-refractivity contribution in [2.75, 3.05) is 31.7 Å². The quantitative estimate of drug-likeness (QED) is 0.301. The molecule has 8 nitrogen and oxygen atoms in total. The first kappa shape index (κ1) is 33.2. The minimum atomic E-state index is -3.59. The third-order valence-corrected chi connectivity index (χ3v) is 10.0. The zero-order chi connectivity index (χ0) is 31.2. The van der Waals surface area contributed by atoms with Gasteiger partial charge in [-0.2, -0.15) is 0 Å². The van der Waals surface area contributed by atoms with E-state index in [2.05, 4.69) is 22.4 Å². The van der Waals surface area contributed by atoms with Crippen molar-refractivity contribution in [3.8, 4) is 5.75 Å². The van der Waals surface area contributed by atoms with Crippen LogP contribution in [-0.4, -0.2) is 48.6 Å². The fourth-order valence-corrected chi connectivity index (χ4v) is 7.01. The Morgan fingerprint density at radius 1 is 1.23 bits per heavy atom. The van der Waals surface area contributed by atoms with Gasteiger partial charge in [-0.3, -0.25) is 4.79 Å². The topological polar surface area (TPSA) is 103 Å². The summed E-state index contributed by atoms with van der Waals surface area (Å²) in [5.74, 6) is 0.695. The maximum Gasteiger partial charge on any atom is 0.286 e. The summed E-state index contributed by atoms with van der Waals surface area (Å²) in [6, 6.07) is 11.1. The minimum absolute atomic E-state index is 0.0109. The summed E-state index contributed by atoms with van der Waals surface area (Å²) >= 11 is 6.32. The number of anilines is 1. The Bertz CT molecular complexity index is 1450. The van der Waals surface area contributed by atoms with Crippen molar-refractivity contribution in [1.29, 1.82) is 0 Å². The van der Waals surface area contributed by atoms with Crippen molar-refractivity contribution in [3.05, 3.63) is 77.9 Å². The van der Waals surface area contributed by atoms with Gasteiger partial charge in [0.2, 0.25) is 0 Å².